The van der Waals surface area contributed by atoms with E-state index in [0.29, 0.717) is 13.0 Å². The van der Waals surface area contributed by atoms with E-state index in [1.807, 2.05) is 18.2 Å². The van der Waals surface area contributed by atoms with Crippen LogP contribution in [0, 0.1) is 0 Å². The summed E-state index contributed by atoms with van der Waals surface area (Å²) in [5, 5.41) is 2.86. The number of benzene rings is 1. The Bertz CT molecular complexity index is 333. The number of aryl methyl sites for hydroxylation is 1. The molecule has 1 aliphatic heterocycles. The van der Waals surface area contributed by atoms with Crippen LogP contribution in [-0.2, 0) is 17.8 Å². The molecule has 68 valence electrons. The predicted octanol–water partition coefficient (Wildman–Crippen LogP) is 1.03. The molecule has 1 aromatic rings. The van der Waals surface area contributed by atoms with Crippen LogP contribution in [0.5, 0.6) is 0 Å². The van der Waals surface area contributed by atoms with Crippen LogP contribution in [0.1, 0.15) is 17.5 Å². The molecule has 13 heavy (non-hydrogen) atoms. The molecule has 0 radical (unpaired) electrons. The van der Waals surface area contributed by atoms with Gasteiger partial charge in [-0.3, -0.25) is 4.79 Å². The molecule has 0 unspecified atom stereocenters. The SMILES string of the molecule is NCc1cccc2c1NC(=O)CC2. The van der Waals surface area contributed by atoms with E-state index in [0.717, 1.165) is 17.7 Å². The van der Waals surface area contributed by atoms with Gasteiger partial charge in [0, 0.05) is 18.7 Å². The van der Waals surface area contributed by atoms with Gasteiger partial charge in [0.05, 0.1) is 0 Å². The fraction of sp³-hybridized carbons (Fsp3) is 0.300. The Labute approximate surface area is 76.9 Å². The van der Waals surface area contributed by atoms with Crippen molar-refractivity contribution < 1.29 is 4.79 Å². The van der Waals surface area contributed by atoms with Gasteiger partial charge in [0.2, 0.25) is 5.91 Å². The lowest BCUT2D eigenvalue weighted by Crippen LogP contribution is -2.20. The minimum Gasteiger partial charge on any atom is -0.326 e. The van der Waals surface area contributed by atoms with Gasteiger partial charge < -0.3 is 11.1 Å². The molecule has 2 rings (SSSR count). The van der Waals surface area contributed by atoms with Gasteiger partial charge in [-0.25, -0.2) is 0 Å². The van der Waals surface area contributed by atoms with Crippen LogP contribution < -0.4 is 11.1 Å². The highest BCUT2D eigenvalue weighted by Gasteiger charge is 2.16. The molecule has 0 saturated heterocycles. The summed E-state index contributed by atoms with van der Waals surface area (Å²) in [5.41, 5.74) is 8.72. The van der Waals surface area contributed by atoms with Crippen LogP contribution in [0.3, 0.4) is 0 Å². The number of fused-ring (bicyclic) bond motifs is 1. The molecule has 0 bridgehead atoms. The summed E-state index contributed by atoms with van der Waals surface area (Å²) in [6, 6.07) is 5.97. The van der Waals surface area contributed by atoms with Crippen molar-refractivity contribution >= 4 is 11.6 Å². The Morgan fingerprint density at radius 2 is 2.23 bits per heavy atom. The summed E-state index contributed by atoms with van der Waals surface area (Å²) in [5.74, 6) is 0.0911. The molecule has 1 heterocycles. The standard InChI is InChI=1S/C10H12N2O/c11-6-8-3-1-2-7-4-5-9(13)12-10(7)8/h1-3H,4-6,11H2,(H,12,13). The summed E-state index contributed by atoms with van der Waals surface area (Å²) in [4.78, 5) is 11.1. The summed E-state index contributed by atoms with van der Waals surface area (Å²) < 4.78 is 0. The molecule has 3 heteroatoms. The quantitative estimate of drug-likeness (QED) is 0.671. The average Bonchev–Trinajstić information content (AvgIpc) is 2.17. The normalized spacial score (nSPS) is 15.0. The van der Waals surface area contributed by atoms with Gasteiger partial charge in [-0.15, -0.1) is 0 Å². The van der Waals surface area contributed by atoms with Crippen LogP contribution >= 0.6 is 0 Å². The molecular weight excluding hydrogens is 164 g/mol. The number of carbonyl (C=O) groups is 1. The smallest absolute Gasteiger partial charge is 0.224 e. The molecule has 3 N–H and O–H groups in total. The lowest BCUT2D eigenvalue weighted by atomic mass is 9.99. The minimum atomic E-state index is 0.0911. The van der Waals surface area contributed by atoms with E-state index >= 15 is 0 Å². The molecule has 3 nitrogen and oxygen atoms in total. The third kappa shape index (κ3) is 1.42. The van der Waals surface area contributed by atoms with Crippen LogP contribution in [-0.4, -0.2) is 5.91 Å². The van der Waals surface area contributed by atoms with Crippen LogP contribution in [0.25, 0.3) is 0 Å². The van der Waals surface area contributed by atoms with E-state index in [-0.39, 0.29) is 5.91 Å². The van der Waals surface area contributed by atoms with E-state index in [9.17, 15) is 4.79 Å². The van der Waals surface area contributed by atoms with Crippen molar-refractivity contribution in [3.63, 3.8) is 0 Å². The van der Waals surface area contributed by atoms with E-state index in [1.165, 1.54) is 5.56 Å². The van der Waals surface area contributed by atoms with Gasteiger partial charge in [-0.05, 0) is 17.5 Å². The largest absolute Gasteiger partial charge is 0.326 e. The monoisotopic (exact) mass is 176 g/mol. The summed E-state index contributed by atoms with van der Waals surface area (Å²) in [6.07, 6.45) is 1.41. The predicted molar refractivity (Wildman–Crippen MR) is 51.3 cm³/mol. The first-order valence-electron chi connectivity index (χ1n) is 4.42. The second kappa shape index (κ2) is 3.18. The fourth-order valence-electron chi connectivity index (χ4n) is 1.64. The summed E-state index contributed by atoms with van der Waals surface area (Å²) in [6.45, 7) is 0.476. The Hall–Kier alpha value is -1.35. The average molecular weight is 176 g/mol. The Kier molecular flexibility index (Phi) is 2.02. The number of para-hydroxylation sites is 1. The second-order valence-electron chi connectivity index (χ2n) is 3.20. The Morgan fingerprint density at radius 1 is 1.38 bits per heavy atom. The maximum Gasteiger partial charge on any atom is 0.224 e. The maximum absolute atomic E-state index is 11.1. The highest BCUT2D eigenvalue weighted by Crippen LogP contribution is 2.25. The van der Waals surface area contributed by atoms with Gasteiger partial charge in [-0.1, -0.05) is 18.2 Å². The minimum absolute atomic E-state index is 0.0911. The number of hydrogen-bond acceptors (Lipinski definition) is 2. The first-order valence-corrected chi connectivity index (χ1v) is 4.42. The molecule has 0 aromatic heterocycles. The van der Waals surface area contributed by atoms with Crippen molar-refractivity contribution in [1.29, 1.82) is 0 Å². The Morgan fingerprint density at radius 3 is 3.00 bits per heavy atom. The van der Waals surface area contributed by atoms with Crippen LogP contribution in [0.15, 0.2) is 18.2 Å². The van der Waals surface area contributed by atoms with Crippen molar-refractivity contribution in [1.82, 2.24) is 0 Å². The number of nitrogens with two attached hydrogens (primary N) is 1. The van der Waals surface area contributed by atoms with E-state index in [2.05, 4.69) is 5.32 Å². The molecule has 0 spiro atoms. The third-order valence-corrected chi connectivity index (χ3v) is 2.34. The second-order valence-corrected chi connectivity index (χ2v) is 3.20. The van der Waals surface area contributed by atoms with Crippen molar-refractivity contribution in [2.24, 2.45) is 5.73 Å². The van der Waals surface area contributed by atoms with Crippen molar-refractivity contribution in [3.8, 4) is 0 Å². The lowest BCUT2D eigenvalue weighted by molar-refractivity contribution is -0.116. The lowest BCUT2D eigenvalue weighted by Gasteiger charge is -2.19. The van der Waals surface area contributed by atoms with E-state index in [4.69, 9.17) is 5.73 Å². The summed E-state index contributed by atoms with van der Waals surface area (Å²) in [7, 11) is 0. The van der Waals surface area contributed by atoms with Crippen LogP contribution in [0.2, 0.25) is 0 Å². The number of rotatable bonds is 1. The van der Waals surface area contributed by atoms with Gasteiger partial charge in [-0.2, -0.15) is 0 Å². The number of amides is 1. The first kappa shape index (κ1) is 8.26. The molecular formula is C10H12N2O. The number of carbonyl (C=O) groups excluding carboxylic acids is 1. The van der Waals surface area contributed by atoms with Gasteiger partial charge in [0.1, 0.15) is 0 Å². The fourth-order valence-corrected chi connectivity index (χ4v) is 1.64. The highest BCUT2D eigenvalue weighted by atomic mass is 16.1. The topological polar surface area (TPSA) is 55.1 Å². The van der Waals surface area contributed by atoms with Crippen molar-refractivity contribution in [3.05, 3.63) is 29.3 Å². The molecule has 1 aromatic carbocycles. The zero-order valence-corrected chi connectivity index (χ0v) is 7.34. The summed E-state index contributed by atoms with van der Waals surface area (Å²) >= 11 is 0. The van der Waals surface area contributed by atoms with Crippen molar-refractivity contribution in [2.45, 2.75) is 19.4 Å². The number of nitrogens with one attached hydrogen (secondary N) is 1. The molecule has 1 amide bonds. The molecule has 1 aliphatic rings. The third-order valence-electron chi connectivity index (χ3n) is 2.34. The van der Waals surface area contributed by atoms with E-state index in [1.54, 1.807) is 0 Å². The zero-order chi connectivity index (χ0) is 9.26. The first-order chi connectivity index (χ1) is 6.31. The molecule has 0 aliphatic carbocycles. The van der Waals surface area contributed by atoms with Gasteiger partial charge in [0.25, 0.3) is 0 Å². The van der Waals surface area contributed by atoms with Gasteiger partial charge >= 0.3 is 0 Å². The Balaban J connectivity index is 2.46. The van der Waals surface area contributed by atoms with Gasteiger partial charge in [0.15, 0.2) is 0 Å². The van der Waals surface area contributed by atoms with Crippen molar-refractivity contribution in [2.75, 3.05) is 5.32 Å². The molecule has 0 atom stereocenters. The molecule has 0 saturated carbocycles. The number of hydrogen-bond donors (Lipinski definition) is 2. The number of anilines is 1. The van der Waals surface area contributed by atoms with E-state index < -0.39 is 0 Å². The maximum atomic E-state index is 11.1. The zero-order valence-electron chi connectivity index (χ0n) is 7.34. The highest BCUT2D eigenvalue weighted by molar-refractivity contribution is 5.94. The van der Waals surface area contributed by atoms with Crippen LogP contribution in [0.4, 0.5) is 5.69 Å². The molecule has 0 fully saturated rings.